The van der Waals surface area contributed by atoms with E-state index in [-0.39, 0.29) is 5.41 Å². The monoisotopic (exact) mass is 380 g/mol. The SMILES string of the molecule is COc1cccc(OC[C@@H]2CCc3cc([C@H]4CC[C@](C)(CO)C4)ccc3C2)c1. The van der Waals surface area contributed by atoms with Crippen molar-refractivity contribution in [3.05, 3.63) is 59.2 Å². The summed E-state index contributed by atoms with van der Waals surface area (Å²) in [4.78, 5) is 0. The maximum absolute atomic E-state index is 9.65. The highest BCUT2D eigenvalue weighted by atomic mass is 16.5. The first-order valence-corrected chi connectivity index (χ1v) is 10.6. The number of fused-ring (bicyclic) bond motifs is 1. The number of rotatable bonds is 6. The molecule has 2 aliphatic rings. The van der Waals surface area contributed by atoms with Gasteiger partial charge in [0.2, 0.25) is 0 Å². The second-order valence-corrected chi connectivity index (χ2v) is 9.04. The molecule has 0 saturated heterocycles. The summed E-state index contributed by atoms with van der Waals surface area (Å²) in [5.41, 5.74) is 4.59. The van der Waals surface area contributed by atoms with Crippen molar-refractivity contribution in [1.82, 2.24) is 0 Å². The molecular weight excluding hydrogens is 348 g/mol. The normalized spacial score (nSPS) is 26.7. The fourth-order valence-electron chi connectivity index (χ4n) is 4.90. The van der Waals surface area contributed by atoms with Gasteiger partial charge in [0.25, 0.3) is 0 Å². The fourth-order valence-corrected chi connectivity index (χ4v) is 4.90. The smallest absolute Gasteiger partial charge is 0.122 e. The highest BCUT2D eigenvalue weighted by Crippen LogP contribution is 2.46. The summed E-state index contributed by atoms with van der Waals surface area (Å²) in [6.45, 7) is 3.29. The Balaban J connectivity index is 1.37. The first kappa shape index (κ1) is 19.3. The van der Waals surface area contributed by atoms with Crippen LogP contribution in [-0.2, 0) is 12.8 Å². The molecule has 0 bridgehead atoms. The van der Waals surface area contributed by atoms with Crippen LogP contribution in [0.1, 0.15) is 55.2 Å². The van der Waals surface area contributed by atoms with Gasteiger partial charge >= 0.3 is 0 Å². The van der Waals surface area contributed by atoms with Gasteiger partial charge in [0.05, 0.1) is 13.7 Å². The quantitative estimate of drug-likeness (QED) is 0.754. The van der Waals surface area contributed by atoms with Crippen LogP contribution in [0.2, 0.25) is 0 Å². The molecule has 0 spiro atoms. The van der Waals surface area contributed by atoms with Crippen LogP contribution < -0.4 is 9.47 Å². The minimum Gasteiger partial charge on any atom is -0.497 e. The summed E-state index contributed by atoms with van der Waals surface area (Å²) in [7, 11) is 1.68. The molecular formula is C25H32O3. The fraction of sp³-hybridized carbons (Fsp3) is 0.520. The van der Waals surface area contributed by atoms with Gasteiger partial charge in [-0.15, -0.1) is 0 Å². The van der Waals surface area contributed by atoms with Crippen molar-refractivity contribution in [2.45, 2.75) is 51.4 Å². The van der Waals surface area contributed by atoms with E-state index in [1.165, 1.54) is 29.5 Å². The summed E-state index contributed by atoms with van der Waals surface area (Å²) in [6.07, 6.45) is 6.86. The molecule has 0 heterocycles. The molecule has 1 saturated carbocycles. The Bertz CT molecular complexity index is 815. The summed E-state index contributed by atoms with van der Waals surface area (Å²) >= 11 is 0. The van der Waals surface area contributed by atoms with Crippen LogP contribution in [0.5, 0.6) is 11.5 Å². The van der Waals surface area contributed by atoms with Crippen molar-refractivity contribution in [2.75, 3.05) is 20.3 Å². The molecule has 3 atom stereocenters. The van der Waals surface area contributed by atoms with Gasteiger partial charge in [-0.1, -0.05) is 31.2 Å². The van der Waals surface area contributed by atoms with E-state index < -0.39 is 0 Å². The third-order valence-corrected chi connectivity index (χ3v) is 6.78. The average molecular weight is 381 g/mol. The predicted octanol–water partition coefficient (Wildman–Crippen LogP) is 5.15. The van der Waals surface area contributed by atoms with Gasteiger partial charge in [-0.2, -0.15) is 0 Å². The van der Waals surface area contributed by atoms with Crippen LogP contribution in [-0.4, -0.2) is 25.4 Å². The van der Waals surface area contributed by atoms with E-state index in [0.717, 1.165) is 43.8 Å². The topological polar surface area (TPSA) is 38.7 Å². The van der Waals surface area contributed by atoms with E-state index in [0.29, 0.717) is 18.4 Å². The summed E-state index contributed by atoms with van der Waals surface area (Å²) in [6, 6.07) is 15.0. The number of methoxy groups -OCH3 is 1. The summed E-state index contributed by atoms with van der Waals surface area (Å²) in [5.74, 6) is 2.89. The van der Waals surface area contributed by atoms with Crippen LogP contribution >= 0.6 is 0 Å². The molecule has 28 heavy (non-hydrogen) atoms. The highest BCUT2D eigenvalue weighted by molar-refractivity contribution is 5.37. The largest absolute Gasteiger partial charge is 0.497 e. The lowest BCUT2D eigenvalue weighted by Gasteiger charge is -2.26. The zero-order valence-electron chi connectivity index (χ0n) is 17.1. The molecule has 3 nitrogen and oxygen atoms in total. The lowest BCUT2D eigenvalue weighted by Crippen LogP contribution is -2.21. The van der Waals surface area contributed by atoms with E-state index >= 15 is 0 Å². The number of aliphatic hydroxyl groups is 1. The minimum atomic E-state index is 0.114. The Hall–Kier alpha value is -2.00. The third-order valence-electron chi connectivity index (χ3n) is 6.78. The first-order chi connectivity index (χ1) is 13.6. The van der Waals surface area contributed by atoms with Crippen LogP contribution in [0.4, 0.5) is 0 Å². The van der Waals surface area contributed by atoms with Crippen LogP contribution in [0.25, 0.3) is 0 Å². The Morgan fingerprint density at radius 1 is 1.07 bits per heavy atom. The van der Waals surface area contributed by atoms with Crippen LogP contribution in [0.3, 0.4) is 0 Å². The molecule has 0 amide bonds. The van der Waals surface area contributed by atoms with Crippen LogP contribution in [0.15, 0.2) is 42.5 Å². The lowest BCUT2D eigenvalue weighted by molar-refractivity contribution is 0.147. The zero-order chi connectivity index (χ0) is 19.6. The number of ether oxygens (including phenoxy) is 2. The van der Waals surface area contributed by atoms with Gasteiger partial charge in [0.1, 0.15) is 11.5 Å². The average Bonchev–Trinajstić information content (AvgIpc) is 3.14. The summed E-state index contributed by atoms with van der Waals surface area (Å²) in [5, 5.41) is 9.65. The maximum Gasteiger partial charge on any atom is 0.122 e. The van der Waals surface area contributed by atoms with E-state index in [4.69, 9.17) is 9.47 Å². The van der Waals surface area contributed by atoms with E-state index in [9.17, 15) is 5.11 Å². The van der Waals surface area contributed by atoms with Gasteiger partial charge in [-0.25, -0.2) is 0 Å². The van der Waals surface area contributed by atoms with Gasteiger partial charge in [-0.3, -0.25) is 0 Å². The Kier molecular flexibility index (Phi) is 5.63. The molecule has 2 aromatic rings. The highest BCUT2D eigenvalue weighted by Gasteiger charge is 2.35. The number of aliphatic hydroxyl groups excluding tert-OH is 1. The predicted molar refractivity (Wildman–Crippen MR) is 112 cm³/mol. The molecule has 0 unspecified atom stereocenters. The first-order valence-electron chi connectivity index (χ1n) is 10.6. The van der Waals surface area contributed by atoms with E-state index in [2.05, 4.69) is 25.1 Å². The molecule has 1 N–H and O–H groups in total. The van der Waals surface area contributed by atoms with E-state index in [1.54, 1.807) is 7.11 Å². The second kappa shape index (κ2) is 8.16. The van der Waals surface area contributed by atoms with Crippen LogP contribution in [0, 0.1) is 11.3 Å². The molecule has 0 aromatic heterocycles. The molecule has 150 valence electrons. The van der Waals surface area contributed by atoms with Gasteiger partial charge in [0.15, 0.2) is 0 Å². The molecule has 4 rings (SSSR count). The van der Waals surface area contributed by atoms with Crippen molar-refractivity contribution >= 4 is 0 Å². The molecule has 1 fully saturated rings. The Labute approximate surface area is 168 Å². The molecule has 0 aliphatic heterocycles. The number of benzene rings is 2. The Morgan fingerprint density at radius 2 is 1.93 bits per heavy atom. The molecule has 2 aromatic carbocycles. The van der Waals surface area contributed by atoms with E-state index in [1.807, 2.05) is 24.3 Å². The third kappa shape index (κ3) is 4.20. The van der Waals surface area contributed by atoms with Gasteiger partial charge in [-0.05, 0) is 84.6 Å². The zero-order valence-corrected chi connectivity index (χ0v) is 17.1. The lowest BCUT2D eigenvalue weighted by atomic mass is 9.81. The van der Waals surface area contributed by atoms with Crippen molar-refractivity contribution in [3.63, 3.8) is 0 Å². The molecule has 2 aliphatic carbocycles. The maximum atomic E-state index is 9.65. The molecule has 0 radical (unpaired) electrons. The molecule has 3 heteroatoms. The van der Waals surface area contributed by atoms with Crippen molar-refractivity contribution in [3.8, 4) is 11.5 Å². The standard InChI is InChI=1S/C25H32O3/c1-25(17-26)11-10-22(15-25)21-9-8-19-12-18(6-7-20(19)13-21)16-28-24-5-3-4-23(14-24)27-2/h3-5,8-9,13-14,18,22,26H,6-7,10-12,15-17H2,1-2H3/t18-,22+,25+/m1/s1. The van der Waals surface area contributed by atoms with Crippen molar-refractivity contribution < 1.29 is 14.6 Å². The number of hydrogen-bond acceptors (Lipinski definition) is 3. The van der Waals surface area contributed by atoms with Gasteiger partial charge < -0.3 is 14.6 Å². The Morgan fingerprint density at radius 3 is 2.71 bits per heavy atom. The second-order valence-electron chi connectivity index (χ2n) is 9.04. The minimum absolute atomic E-state index is 0.114. The van der Waals surface area contributed by atoms with Crippen molar-refractivity contribution in [2.24, 2.45) is 11.3 Å². The number of hydrogen-bond donors (Lipinski definition) is 1. The van der Waals surface area contributed by atoms with Gasteiger partial charge in [0, 0.05) is 12.7 Å². The summed E-state index contributed by atoms with van der Waals surface area (Å²) < 4.78 is 11.3. The number of aryl methyl sites for hydroxylation is 1. The van der Waals surface area contributed by atoms with Crippen molar-refractivity contribution in [1.29, 1.82) is 0 Å².